The number of carbonyl (C=O) groups excluding carboxylic acids is 1. The van der Waals surface area contributed by atoms with Crippen LogP contribution in [0.4, 0.5) is 0 Å². The summed E-state index contributed by atoms with van der Waals surface area (Å²) in [6.07, 6.45) is 2.20. The summed E-state index contributed by atoms with van der Waals surface area (Å²) in [5.74, 6) is -0.364. The number of benzene rings is 1. The summed E-state index contributed by atoms with van der Waals surface area (Å²) in [6, 6.07) is 7.24. The van der Waals surface area contributed by atoms with E-state index in [1.807, 2.05) is 32.9 Å². The minimum Gasteiger partial charge on any atom is -0.456 e. The maximum atomic E-state index is 12.3. The predicted molar refractivity (Wildman–Crippen MR) is 84.9 cm³/mol. The van der Waals surface area contributed by atoms with Gasteiger partial charge in [0.05, 0.1) is 18.3 Å². The summed E-state index contributed by atoms with van der Waals surface area (Å²) in [7, 11) is 1.42. The topological polar surface area (TPSA) is 73.6 Å². The number of carbonyl (C=O) groups is 1. The predicted octanol–water partition coefficient (Wildman–Crippen LogP) is 2.52. The Bertz CT molecular complexity index is 673. The standard InChI is InChI=1S/C17H22N2O4/c1-17(2,3)23-16(21)14-8-6-5-7-12(14)10-19-11-13(9-18-19)15(20)22-4/h5-9,11,15,20H,10H2,1-4H3/t15-/m1/s1. The van der Waals surface area contributed by atoms with E-state index in [0.717, 1.165) is 5.56 Å². The van der Waals surface area contributed by atoms with Crippen LogP contribution in [0.25, 0.3) is 0 Å². The van der Waals surface area contributed by atoms with Gasteiger partial charge in [-0.05, 0) is 32.4 Å². The van der Waals surface area contributed by atoms with Gasteiger partial charge in [-0.2, -0.15) is 5.10 Å². The first-order valence-corrected chi connectivity index (χ1v) is 7.34. The van der Waals surface area contributed by atoms with E-state index in [4.69, 9.17) is 9.47 Å². The summed E-state index contributed by atoms with van der Waals surface area (Å²) in [6.45, 7) is 5.89. The van der Waals surface area contributed by atoms with Gasteiger partial charge < -0.3 is 14.6 Å². The minimum atomic E-state index is -1.01. The highest BCUT2D eigenvalue weighted by Crippen LogP contribution is 2.18. The Morgan fingerprint density at radius 1 is 1.35 bits per heavy atom. The fraction of sp³-hybridized carbons (Fsp3) is 0.412. The third kappa shape index (κ3) is 4.64. The van der Waals surface area contributed by atoms with Crippen molar-refractivity contribution >= 4 is 5.97 Å². The Morgan fingerprint density at radius 3 is 2.70 bits per heavy atom. The summed E-state index contributed by atoms with van der Waals surface area (Å²) < 4.78 is 11.9. The molecule has 1 aromatic heterocycles. The molecule has 124 valence electrons. The second kappa shape index (κ2) is 6.93. The maximum absolute atomic E-state index is 12.3. The second-order valence-electron chi connectivity index (χ2n) is 6.22. The van der Waals surface area contributed by atoms with E-state index < -0.39 is 11.9 Å². The molecule has 0 amide bonds. The molecule has 0 radical (unpaired) electrons. The maximum Gasteiger partial charge on any atom is 0.338 e. The zero-order valence-corrected chi connectivity index (χ0v) is 13.8. The van der Waals surface area contributed by atoms with Gasteiger partial charge in [-0.25, -0.2) is 4.79 Å². The van der Waals surface area contributed by atoms with Crippen LogP contribution in [0.3, 0.4) is 0 Å². The molecule has 0 aliphatic heterocycles. The number of hydrogen-bond acceptors (Lipinski definition) is 5. The first-order valence-electron chi connectivity index (χ1n) is 7.34. The van der Waals surface area contributed by atoms with Gasteiger partial charge in [-0.3, -0.25) is 4.68 Å². The van der Waals surface area contributed by atoms with E-state index in [2.05, 4.69) is 5.10 Å². The van der Waals surface area contributed by atoms with Crippen molar-refractivity contribution in [3.8, 4) is 0 Å². The van der Waals surface area contributed by atoms with Crippen LogP contribution in [0.2, 0.25) is 0 Å². The quantitative estimate of drug-likeness (QED) is 0.677. The minimum absolute atomic E-state index is 0.364. The molecule has 0 saturated heterocycles. The van der Waals surface area contributed by atoms with Crippen molar-refractivity contribution in [1.82, 2.24) is 9.78 Å². The molecule has 0 bridgehead atoms. The third-order valence-corrected chi connectivity index (χ3v) is 3.13. The van der Waals surface area contributed by atoms with Crippen LogP contribution in [0.5, 0.6) is 0 Å². The summed E-state index contributed by atoms with van der Waals surface area (Å²) >= 11 is 0. The summed E-state index contributed by atoms with van der Waals surface area (Å²) in [5.41, 5.74) is 1.31. The number of rotatable bonds is 5. The molecular weight excluding hydrogens is 296 g/mol. The van der Waals surface area contributed by atoms with Crippen molar-refractivity contribution in [2.45, 2.75) is 39.2 Å². The van der Waals surface area contributed by atoms with Crippen molar-refractivity contribution in [3.05, 3.63) is 53.3 Å². The zero-order chi connectivity index (χ0) is 17.0. The molecule has 0 aliphatic carbocycles. The average molecular weight is 318 g/mol. The molecule has 0 fully saturated rings. The Labute approximate surface area is 135 Å². The van der Waals surface area contributed by atoms with Crippen LogP contribution >= 0.6 is 0 Å². The molecule has 23 heavy (non-hydrogen) atoms. The van der Waals surface area contributed by atoms with Crippen LogP contribution in [0, 0.1) is 0 Å². The van der Waals surface area contributed by atoms with Crippen molar-refractivity contribution < 1.29 is 19.4 Å². The second-order valence-corrected chi connectivity index (χ2v) is 6.22. The van der Waals surface area contributed by atoms with Crippen LogP contribution in [0.15, 0.2) is 36.7 Å². The van der Waals surface area contributed by atoms with E-state index in [1.165, 1.54) is 13.3 Å². The van der Waals surface area contributed by atoms with Crippen LogP contribution in [0.1, 0.15) is 48.5 Å². The molecule has 1 atom stereocenters. The van der Waals surface area contributed by atoms with Crippen molar-refractivity contribution in [1.29, 1.82) is 0 Å². The highest BCUT2D eigenvalue weighted by molar-refractivity contribution is 5.91. The number of aliphatic hydroxyl groups excluding tert-OH is 1. The number of nitrogens with zero attached hydrogens (tertiary/aromatic N) is 2. The van der Waals surface area contributed by atoms with E-state index in [1.54, 1.807) is 23.0 Å². The van der Waals surface area contributed by atoms with Crippen LogP contribution in [-0.2, 0) is 16.0 Å². The smallest absolute Gasteiger partial charge is 0.338 e. The molecule has 0 saturated carbocycles. The molecule has 0 aliphatic rings. The summed E-state index contributed by atoms with van der Waals surface area (Å²) in [5, 5.41) is 13.8. The lowest BCUT2D eigenvalue weighted by Gasteiger charge is -2.20. The lowest BCUT2D eigenvalue weighted by molar-refractivity contribution is -0.0769. The van der Waals surface area contributed by atoms with Gasteiger partial charge in [0.1, 0.15) is 5.60 Å². The van der Waals surface area contributed by atoms with Gasteiger partial charge in [0.15, 0.2) is 6.29 Å². The van der Waals surface area contributed by atoms with Crippen molar-refractivity contribution in [2.24, 2.45) is 0 Å². The van der Waals surface area contributed by atoms with E-state index in [-0.39, 0.29) is 5.97 Å². The van der Waals surface area contributed by atoms with Gasteiger partial charge >= 0.3 is 5.97 Å². The van der Waals surface area contributed by atoms with Crippen LogP contribution in [-0.4, -0.2) is 33.6 Å². The molecule has 0 spiro atoms. The largest absolute Gasteiger partial charge is 0.456 e. The molecule has 6 nitrogen and oxygen atoms in total. The number of methoxy groups -OCH3 is 1. The number of aromatic nitrogens is 2. The van der Waals surface area contributed by atoms with Gasteiger partial charge in [-0.15, -0.1) is 0 Å². The molecular formula is C17H22N2O4. The Hall–Kier alpha value is -2.18. The average Bonchev–Trinajstić information content (AvgIpc) is 2.93. The fourth-order valence-corrected chi connectivity index (χ4v) is 2.09. The van der Waals surface area contributed by atoms with E-state index in [9.17, 15) is 9.90 Å². The first kappa shape index (κ1) is 17.2. The lowest BCUT2D eigenvalue weighted by Crippen LogP contribution is -2.24. The Balaban J connectivity index is 2.20. The Morgan fingerprint density at radius 2 is 2.04 bits per heavy atom. The van der Waals surface area contributed by atoms with Gasteiger partial charge in [0.2, 0.25) is 0 Å². The molecule has 1 aromatic carbocycles. The van der Waals surface area contributed by atoms with Gasteiger partial charge in [0, 0.05) is 18.9 Å². The SMILES string of the molecule is CO[C@@H](O)c1cnn(Cc2ccccc2C(=O)OC(C)(C)C)c1. The monoisotopic (exact) mass is 318 g/mol. The van der Waals surface area contributed by atoms with Crippen molar-refractivity contribution in [2.75, 3.05) is 7.11 Å². The molecule has 6 heteroatoms. The molecule has 1 N–H and O–H groups in total. The highest BCUT2D eigenvalue weighted by Gasteiger charge is 2.20. The summed E-state index contributed by atoms with van der Waals surface area (Å²) in [4.78, 5) is 12.3. The molecule has 1 heterocycles. The normalized spacial score (nSPS) is 12.9. The number of aliphatic hydroxyl groups is 1. The molecule has 0 unspecified atom stereocenters. The molecule has 2 rings (SSSR count). The zero-order valence-electron chi connectivity index (χ0n) is 13.8. The number of hydrogen-bond donors (Lipinski definition) is 1. The lowest BCUT2D eigenvalue weighted by atomic mass is 10.1. The Kier molecular flexibility index (Phi) is 5.18. The van der Waals surface area contributed by atoms with E-state index in [0.29, 0.717) is 17.7 Å². The van der Waals surface area contributed by atoms with E-state index >= 15 is 0 Å². The molecule has 2 aromatic rings. The van der Waals surface area contributed by atoms with Crippen LogP contribution < -0.4 is 0 Å². The number of esters is 1. The third-order valence-electron chi connectivity index (χ3n) is 3.13. The van der Waals surface area contributed by atoms with Crippen molar-refractivity contribution in [3.63, 3.8) is 0 Å². The highest BCUT2D eigenvalue weighted by atomic mass is 16.6. The fourth-order valence-electron chi connectivity index (χ4n) is 2.09. The van der Waals surface area contributed by atoms with Gasteiger partial charge in [-0.1, -0.05) is 18.2 Å². The first-order chi connectivity index (χ1) is 10.8. The van der Waals surface area contributed by atoms with Gasteiger partial charge in [0.25, 0.3) is 0 Å². The number of ether oxygens (including phenoxy) is 2.